The molecule has 0 aliphatic heterocycles. The minimum Gasteiger partial charge on any atom is -0.303 e. The number of carbonyl (C=O) groups is 1. The summed E-state index contributed by atoms with van der Waals surface area (Å²) in [7, 11) is 0. The lowest BCUT2D eigenvalue weighted by Crippen LogP contribution is -1.96. The van der Waals surface area contributed by atoms with Crippen LogP contribution in [0.1, 0.15) is 16.7 Å². The van der Waals surface area contributed by atoms with Crippen LogP contribution < -0.4 is 0 Å². The Kier molecular flexibility index (Phi) is 3.38. The zero-order valence-electron chi connectivity index (χ0n) is 10.2. The highest BCUT2D eigenvalue weighted by Crippen LogP contribution is 2.29. The minimum absolute atomic E-state index is 0.478. The molecule has 0 bridgehead atoms. The van der Waals surface area contributed by atoms with E-state index >= 15 is 0 Å². The van der Waals surface area contributed by atoms with E-state index in [-0.39, 0.29) is 0 Å². The van der Waals surface area contributed by atoms with Crippen LogP contribution in [0.5, 0.6) is 0 Å². The lowest BCUT2D eigenvalue weighted by molar-refractivity contribution is -0.107. The Bertz CT molecular complexity index is 527. The van der Waals surface area contributed by atoms with Gasteiger partial charge in [0.2, 0.25) is 0 Å². The number of aryl methyl sites for hydroxylation is 1. The van der Waals surface area contributed by atoms with Crippen LogP contribution in [-0.4, -0.2) is 6.29 Å². The molecule has 2 aromatic rings. The van der Waals surface area contributed by atoms with E-state index < -0.39 is 0 Å². The van der Waals surface area contributed by atoms with Crippen LogP contribution in [0.2, 0.25) is 0 Å². The van der Waals surface area contributed by atoms with Gasteiger partial charge in [-0.3, -0.25) is 0 Å². The van der Waals surface area contributed by atoms with Crippen LogP contribution in [0.3, 0.4) is 0 Å². The molecule has 0 spiro atoms. The predicted molar refractivity (Wildman–Crippen MR) is 71.1 cm³/mol. The van der Waals surface area contributed by atoms with Gasteiger partial charge in [-0.1, -0.05) is 42.5 Å². The number of carbonyl (C=O) groups excluding carboxylic acids is 1. The molecule has 0 N–H and O–H groups in total. The molecule has 1 nitrogen and oxygen atoms in total. The van der Waals surface area contributed by atoms with Gasteiger partial charge in [0.05, 0.1) is 0 Å². The molecule has 2 aromatic carbocycles. The number of rotatable bonds is 3. The van der Waals surface area contributed by atoms with Crippen LogP contribution in [0.15, 0.2) is 42.5 Å². The van der Waals surface area contributed by atoms with Crippen LogP contribution in [0, 0.1) is 13.8 Å². The van der Waals surface area contributed by atoms with Gasteiger partial charge in [-0.15, -0.1) is 0 Å². The molecule has 0 aromatic heterocycles. The molecule has 0 unspecified atom stereocenters. The molecule has 0 aliphatic carbocycles. The van der Waals surface area contributed by atoms with Crippen molar-refractivity contribution in [2.45, 2.75) is 20.3 Å². The largest absolute Gasteiger partial charge is 0.303 e. The molecule has 17 heavy (non-hydrogen) atoms. The average Bonchev–Trinajstić information content (AvgIpc) is 2.36. The van der Waals surface area contributed by atoms with Crippen LogP contribution >= 0.6 is 0 Å². The van der Waals surface area contributed by atoms with E-state index in [1.165, 1.54) is 22.3 Å². The van der Waals surface area contributed by atoms with Gasteiger partial charge in [0, 0.05) is 6.42 Å². The molecule has 0 heterocycles. The first kappa shape index (κ1) is 11.6. The highest BCUT2D eigenvalue weighted by molar-refractivity contribution is 5.75. The Balaban J connectivity index is 2.65. The lowest BCUT2D eigenvalue weighted by Gasteiger charge is -2.13. The van der Waals surface area contributed by atoms with Crippen LogP contribution in [-0.2, 0) is 11.2 Å². The second-order valence-corrected chi connectivity index (χ2v) is 4.28. The normalized spacial score (nSPS) is 10.2. The molecule has 2 rings (SSSR count). The first-order valence-electron chi connectivity index (χ1n) is 5.82. The second-order valence-electron chi connectivity index (χ2n) is 4.28. The average molecular weight is 224 g/mol. The monoisotopic (exact) mass is 224 g/mol. The fourth-order valence-electron chi connectivity index (χ4n) is 2.14. The summed E-state index contributed by atoms with van der Waals surface area (Å²) in [6, 6.07) is 14.4. The third-order valence-corrected chi connectivity index (χ3v) is 3.19. The fourth-order valence-corrected chi connectivity index (χ4v) is 2.14. The van der Waals surface area contributed by atoms with Gasteiger partial charge in [-0.25, -0.2) is 0 Å². The van der Waals surface area contributed by atoms with Crippen molar-refractivity contribution in [3.8, 4) is 11.1 Å². The van der Waals surface area contributed by atoms with Crippen molar-refractivity contribution in [2.75, 3.05) is 0 Å². The highest BCUT2D eigenvalue weighted by Gasteiger charge is 2.09. The number of benzene rings is 2. The van der Waals surface area contributed by atoms with Gasteiger partial charge in [0.15, 0.2) is 0 Å². The summed E-state index contributed by atoms with van der Waals surface area (Å²) in [6.07, 6.45) is 1.45. The van der Waals surface area contributed by atoms with Crippen molar-refractivity contribution in [1.82, 2.24) is 0 Å². The third-order valence-electron chi connectivity index (χ3n) is 3.19. The van der Waals surface area contributed by atoms with E-state index in [4.69, 9.17) is 0 Å². The Morgan fingerprint density at radius 2 is 1.71 bits per heavy atom. The molecule has 0 aliphatic rings. The molecule has 0 atom stereocenters. The summed E-state index contributed by atoms with van der Waals surface area (Å²) in [5, 5.41) is 0. The van der Waals surface area contributed by atoms with Gasteiger partial charge >= 0.3 is 0 Å². The second kappa shape index (κ2) is 4.96. The maximum atomic E-state index is 10.8. The predicted octanol–water partition coefficient (Wildman–Crippen LogP) is 3.71. The molecule has 0 saturated carbocycles. The molecule has 1 heteroatoms. The van der Waals surface area contributed by atoms with E-state index in [9.17, 15) is 4.79 Å². The van der Waals surface area contributed by atoms with E-state index in [1.54, 1.807) is 0 Å². The Hall–Kier alpha value is -1.89. The Morgan fingerprint density at radius 1 is 1.00 bits per heavy atom. The standard InChI is InChI=1S/C16H16O/c1-12-8-9-15(10-11-17)16(13(12)2)14-6-4-3-5-7-14/h3-9,11H,10H2,1-2H3. The maximum absolute atomic E-state index is 10.8. The van der Waals surface area contributed by atoms with E-state index in [0.29, 0.717) is 6.42 Å². The van der Waals surface area contributed by atoms with Crippen molar-refractivity contribution < 1.29 is 4.79 Å². The molecule has 0 fully saturated rings. The molecular formula is C16H16O. The maximum Gasteiger partial charge on any atom is 0.124 e. The Labute approximate surface area is 102 Å². The van der Waals surface area contributed by atoms with Crippen LogP contribution in [0.25, 0.3) is 11.1 Å². The SMILES string of the molecule is Cc1ccc(CC=O)c(-c2ccccc2)c1C. The van der Waals surface area contributed by atoms with Gasteiger partial charge < -0.3 is 4.79 Å². The van der Waals surface area contributed by atoms with Crippen molar-refractivity contribution in [3.05, 3.63) is 59.2 Å². The summed E-state index contributed by atoms with van der Waals surface area (Å²) >= 11 is 0. The summed E-state index contributed by atoms with van der Waals surface area (Å²) in [5.41, 5.74) is 6.02. The Morgan fingerprint density at radius 3 is 2.35 bits per heavy atom. The van der Waals surface area contributed by atoms with Crippen molar-refractivity contribution in [2.24, 2.45) is 0 Å². The number of hydrogen-bond donors (Lipinski definition) is 0. The van der Waals surface area contributed by atoms with E-state index in [1.807, 2.05) is 18.2 Å². The molecule has 0 saturated heterocycles. The fraction of sp³-hybridized carbons (Fsp3) is 0.188. The lowest BCUT2D eigenvalue weighted by atomic mass is 9.91. The quantitative estimate of drug-likeness (QED) is 0.726. The first-order valence-corrected chi connectivity index (χ1v) is 5.82. The summed E-state index contributed by atoms with van der Waals surface area (Å²) in [5.74, 6) is 0. The summed E-state index contributed by atoms with van der Waals surface area (Å²) in [4.78, 5) is 10.8. The molecule has 0 amide bonds. The minimum atomic E-state index is 0.478. The van der Waals surface area contributed by atoms with Gasteiger partial charge in [0.1, 0.15) is 6.29 Å². The van der Waals surface area contributed by atoms with Crippen molar-refractivity contribution in [3.63, 3.8) is 0 Å². The number of hydrogen-bond acceptors (Lipinski definition) is 1. The van der Waals surface area contributed by atoms with E-state index in [2.05, 4.69) is 38.1 Å². The van der Waals surface area contributed by atoms with Gasteiger partial charge in [-0.05, 0) is 41.7 Å². The molecule has 0 radical (unpaired) electrons. The number of aldehydes is 1. The highest BCUT2D eigenvalue weighted by atomic mass is 16.1. The van der Waals surface area contributed by atoms with Gasteiger partial charge in [-0.2, -0.15) is 0 Å². The van der Waals surface area contributed by atoms with Crippen molar-refractivity contribution in [1.29, 1.82) is 0 Å². The zero-order chi connectivity index (χ0) is 12.3. The smallest absolute Gasteiger partial charge is 0.124 e. The third kappa shape index (κ3) is 2.28. The van der Waals surface area contributed by atoms with Crippen molar-refractivity contribution >= 4 is 6.29 Å². The van der Waals surface area contributed by atoms with Gasteiger partial charge in [0.25, 0.3) is 0 Å². The summed E-state index contributed by atoms with van der Waals surface area (Å²) in [6.45, 7) is 4.22. The summed E-state index contributed by atoms with van der Waals surface area (Å²) < 4.78 is 0. The molecule has 86 valence electrons. The molecular weight excluding hydrogens is 208 g/mol. The van der Waals surface area contributed by atoms with E-state index in [0.717, 1.165) is 11.8 Å². The first-order chi connectivity index (χ1) is 8.24. The van der Waals surface area contributed by atoms with Crippen LogP contribution in [0.4, 0.5) is 0 Å². The zero-order valence-corrected chi connectivity index (χ0v) is 10.2. The topological polar surface area (TPSA) is 17.1 Å².